The van der Waals surface area contributed by atoms with Gasteiger partial charge in [0.05, 0.1) is 6.61 Å². The quantitative estimate of drug-likeness (QED) is 0.534. The van der Waals surface area contributed by atoms with Gasteiger partial charge in [-0.3, -0.25) is 9.59 Å². The zero-order valence-electron chi connectivity index (χ0n) is 20.6. The van der Waals surface area contributed by atoms with Crippen molar-refractivity contribution < 1.29 is 23.5 Å². The Morgan fingerprint density at radius 1 is 0.889 bits per heavy atom. The van der Waals surface area contributed by atoms with Gasteiger partial charge in [0.25, 0.3) is 5.91 Å². The minimum atomic E-state index is -0.539. The summed E-state index contributed by atoms with van der Waals surface area (Å²) in [5, 5.41) is 0.598. The molecule has 0 aromatic heterocycles. The van der Waals surface area contributed by atoms with Crippen LogP contribution in [-0.2, 0) is 9.59 Å². The standard InChI is InChI=1S/C27H33ClFN3O4/c1-30-13-15-31(16-14-30)25(33)17-27(20-36-24-9-5-22(29)6-10-24)11-2-12-32(19-27)26(34)18-35-23-7-3-21(28)4-8-23/h3-10H,2,11-20H2,1H3/t27-/m0/s1. The number of carbonyl (C=O) groups excluding carboxylic acids is 2. The van der Waals surface area contributed by atoms with Gasteiger partial charge in [-0.2, -0.15) is 0 Å². The van der Waals surface area contributed by atoms with Crippen LogP contribution in [0.1, 0.15) is 19.3 Å². The second kappa shape index (κ2) is 11.9. The van der Waals surface area contributed by atoms with E-state index in [0.717, 1.165) is 25.9 Å². The molecule has 0 saturated carbocycles. The Morgan fingerprint density at radius 2 is 1.53 bits per heavy atom. The van der Waals surface area contributed by atoms with Gasteiger partial charge in [0.2, 0.25) is 5.91 Å². The van der Waals surface area contributed by atoms with Gasteiger partial charge in [0.1, 0.15) is 17.3 Å². The molecule has 2 heterocycles. The van der Waals surface area contributed by atoms with E-state index in [1.165, 1.54) is 12.1 Å². The smallest absolute Gasteiger partial charge is 0.260 e. The van der Waals surface area contributed by atoms with Gasteiger partial charge in [0, 0.05) is 56.1 Å². The second-order valence-corrected chi connectivity index (χ2v) is 10.2. The maximum Gasteiger partial charge on any atom is 0.260 e. The number of rotatable bonds is 8. The van der Waals surface area contributed by atoms with Crippen LogP contribution >= 0.6 is 11.6 Å². The zero-order chi connectivity index (χ0) is 25.5. The first-order valence-electron chi connectivity index (χ1n) is 12.3. The second-order valence-electron chi connectivity index (χ2n) is 9.76. The van der Waals surface area contributed by atoms with Crippen LogP contribution in [0.4, 0.5) is 4.39 Å². The Kier molecular flexibility index (Phi) is 8.69. The van der Waals surface area contributed by atoms with E-state index in [9.17, 15) is 14.0 Å². The van der Waals surface area contributed by atoms with Crippen LogP contribution in [0.25, 0.3) is 0 Å². The number of halogens is 2. The van der Waals surface area contributed by atoms with Crippen molar-refractivity contribution in [3.8, 4) is 11.5 Å². The number of piperidine rings is 1. The summed E-state index contributed by atoms with van der Waals surface area (Å²) in [4.78, 5) is 32.2. The number of likely N-dealkylation sites (tertiary alicyclic amines) is 1. The largest absolute Gasteiger partial charge is 0.493 e. The minimum absolute atomic E-state index is 0.0810. The molecule has 0 unspecified atom stereocenters. The normalized spacial score (nSPS) is 20.8. The van der Waals surface area contributed by atoms with Crippen molar-refractivity contribution in [1.82, 2.24) is 14.7 Å². The van der Waals surface area contributed by atoms with Crippen molar-refractivity contribution in [1.29, 1.82) is 0 Å². The summed E-state index contributed by atoms with van der Waals surface area (Å²) in [6, 6.07) is 12.7. The summed E-state index contributed by atoms with van der Waals surface area (Å²) >= 11 is 5.92. The molecular formula is C27H33ClFN3O4. The van der Waals surface area contributed by atoms with E-state index < -0.39 is 5.41 Å². The van der Waals surface area contributed by atoms with E-state index in [0.29, 0.717) is 49.1 Å². The molecule has 7 nitrogen and oxygen atoms in total. The lowest BCUT2D eigenvalue weighted by atomic mass is 9.77. The molecule has 0 bridgehead atoms. The van der Waals surface area contributed by atoms with E-state index in [1.54, 1.807) is 41.3 Å². The summed E-state index contributed by atoms with van der Waals surface area (Å²) in [6.45, 7) is 4.25. The van der Waals surface area contributed by atoms with Crippen molar-refractivity contribution in [2.45, 2.75) is 19.3 Å². The van der Waals surface area contributed by atoms with E-state index in [1.807, 2.05) is 4.90 Å². The Bertz CT molecular complexity index is 1030. The van der Waals surface area contributed by atoms with Gasteiger partial charge >= 0.3 is 0 Å². The molecule has 36 heavy (non-hydrogen) atoms. The van der Waals surface area contributed by atoms with Gasteiger partial charge in [-0.15, -0.1) is 0 Å². The minimum Gasteiger partial charge on any atom is -0.493 e. The number of piperazine rings is 1. The topological polar surface area (TPSA) is 62.3 Å². The van der Waals surface area contributed by atoms with Crippen molar-refractivity contribution >= 4 is 23.4 Å². The van der Waals surface area contributed by atoms with Crippen LogP contribution in [0.2, 0.25) is 5.02 Å². The average molecular weight is 518 g/mol. The average Bonchev–Trinajstić information content (AvgIpc) is 2.88. The number of nitrogens with zero attached hydrogens (tertiary/aromatic N) is 3. The molecule has 9 heteroatoms. The van der Waals surface area contributed by atoms with Gasteiger partial charge in [-0.05, 0) is 68.4 Å². The fourth-order valence-corrected chi connectivity index (χ4v) is 4.88. The third kappa shape index (κ3) is 7.11. The van der Waals surface area contributed by atoms with E-state index in [2.05, 4.69) is 11.9 Å². The van der Waals surface area contributed by atoms with Gasteiger partial charge in [-0.1, -0.05) is 11.6 Å². The highest BCUT2D eigenvalue weighted by Crippen LogP contribution is 2.35. The monoisotopic (exact) mass is 517 g/mol. The van der Waals surface area contributed by atoms with Crippen molar-refractivity contribution in [3.05, 3.63) is 59.4 Å². The first-order chi connectivity index (χ1) is 17.3. The Balaban J connectivity index is 1.43. The van der Waals surface area contributed by atoms with Gasteiger partial charge in [0.15, 0.2) is 6.61 Å². The van der Waals surface area contributed by atoms with Crippen molar-refractivity contribution in [2.75, 3.05) is 59.5 Å². The summed E-state index contributed by atoms with van der Waals surface area (Å²) in [6.07, 6.45) is 1.81. The van der Waals surface area contributed by atoms with Crippen LogP contribution in [0, 0.1) is 11.2 Å². The Labute approximate surface area is 216 Å². The summed E-state index contributed by atoms with van der Waals surface area (Å²) < 4.78 is 25.1. The molecule has 0 spiro atoms. The molecule has 0 radical (unpaired) electrons. The van der Waals surface area contributed by atoms with Crippen LogP contribution < -0.4 is 9.47 Å². The molecule has 2 saturated heterocycles. The molecule has 4 rings (SSSR count). The highest BCUT2D eigenvalue weighted by Gasteiger charge is 2.41. The van der Waals surface area contributed by atoms with Crippen LogP contribution in [0.15, 0.2) is 48.5 Å². The molecule has 2 aliphatic heterocycles. The van der Waals surface area contributed by atoms with Crippen molar-refractivity contribution in [2.24, 2.45) is 5.41 Å². The van der Waals surface area contributed by atoms with Gasteiger partial charge < -0.3 is 24.2 Å². The van der Waals surface area contributed by atoms with E-state index in [4.69, 9.17) is 21.1 Å². The highest BCUT2D eigenvalue weighted by atomic mass is 35.5. The maximum atomic E-state index is 13.3. The SMILES string of the molecule is CN1CCN(C(=O)C[C@@]2(COc3ccc(F)cc3)CCCN(C(=O)COc3ccc(Cl)cc3)C2)CC1. The molecule has 2 amide bonds. The van der Waals surface area contributed by atoms with Crippen molar-refractivity contribution in [3.63, 3.8) is 0 Å². The highest BCUT2D eigenvalue weighted by molar-refractivity contribution is 6.30. The lowest BCUT2D eigenvalue weighted by Crippen LogP contribution is -2.53. The molecule has 2 fully saturated rings. The lowest BCUT2D eigenvalue weighted by Gasteiger charge is -2.43. The zero-order valence-corrected chi connectivity index (χ0v) is 21.4. The van der Waals surface area contributed by atoms with Gasteiger partial charge in [-0.25, -0.2) is 4.39 Å². The number of ether oxygens (including phenoxy) is 2. The molecule has 1 atom stereocenters. The molecular weight excluding hydrogens is 485 g/mol. The molecule has 0 N–H and O–H groups in total. The number of amides is 2. The maximum absolute atomic E-state index is 13.3. The first-order valence-corrected chi connectivity index (χ1v) is 12.7. The third-order valence-electron chi connectivity index (χ3n) is 6.93. The third-order valence-corrected chi connectivity index (χ3v) is 7.18. The van der Waals surface area contributed by atoms with Crippen LogP contribution in [0.5, 0.6) is 11.5 Å². The summed E-state index contributed by atoms with van der Waals surface area (Å²) in [5.74, 6) is 0.719. The number of hydrogen-bond donors (Lipinski definition) is 0. The van der Waals surface area contributed by atoms with Crippen LogP contribution in [-0.4, -0.2) is 86.0 Å². The predicted octanol–water partition coefficient (Wildman–Crippen LogP) is 3.71. The predicted molar refractivity (Wildman–Crippen MR) is 136 cm³/mol. The fourth-order valence-electron chi connectivity index (χ4n) is 4.76. The summed E-state index contributed by atoms with van der Waals surface area (Å²) in [5.41, 5.74) is -0.539. The Morgan fingerprint density at radius 3 is 2.22 bits per heavy atom. The Hall–Kier alpha value is -2.84. The van der Waals surface area contributed by atoms with E-state index >= 15 is 0 Å². The summed E-state index contributed by atoms with van der Waals surface area (Å²) in [7, 11) is 2.05. The molecule has 2 aromatic rings. The first kappa shape index (κ1) is 26.2. The number of hydrogen-bond acceptors (Lipinski definition) is 5. The van der Waals surface area contributed by atoms with E-state index in [-0.39, 0.29) is 30.8 Å². The number of likely N-dealkylation sites (N-methyl/N-ethyl adjacent to an activating group) is 1. The molecule has 194 valence electrons. The molecule has 0 aliphatic carbocycles. The molecule has 2 aromatic carbocycles. The number of carbonyl (C=O) groups is 2. The van der Waals surface area contributed by atoms with Crippen LogP contribution in [0.3, 0.4) is 0 Å². The fraction of sp³-hybridized carbons (Fsp3) is 0.481. The lowest BCUT2D eigenvalue weighted by molar-refractivity contribution is -0.143. The number of benzene rings is 2. The molecule has 2 aliphatic rings.